The summed E-state index contributed by atoms with van der Waals surface area (Å²) < 4.78 is 0. The first kappa shape index (κ1) is 9.62. The van der Waals surface area contributed by atoms with Gasteiger partial charge in [0.2, 0.25) is 0 Å². The highest BCUT2D eigenvalue weighted by Gasteiger charge is 2.17. The van der Waals surface area contributed by atoms with Crippen LogP contribution < -0.4 is 5.32 Å². The molecule has 1 atom stereocenters. The van der Waals surface area contributed by atoms with Crippen LogP contribution in [0.5, 0.6) is 0 Å². The minimum Gasteiger partial charge on any atom is -0.314 e. The summed E-state index contributed by atoms with van der Waals surface area (Å²) in [6.45, 7) is 6.63. The van der Waals surface area contributed by atoms with E-state index in [9.17, 15) is 0 Å². The van der Waals surface area contributed by atoms with Crippen LogP contribution in [0.15, 0.2) is 24.5 Å². The van der Waals surface area contributed by atoms with Crippen LogP contribution in [0.3, 0.4) is 0 Å². The van der Waals surface area contributed by atoms with Gasteiger partial charge in [-0.15, -0.1) is 0 Å². The molecule has 0 aromatic carbocycles. The smallest absolute Gasteiger partial charge is 0.0312 e. The fourth-order valence-corrected chi connectivity index (χ4v) is 1.84. The van der Waals surface area contributed by atoms with E-state index in [4.69, 9.17) is 0 Å². The maximum absolute atomic E-state index is 4.13. The van der Waals surface area contributed by atoms with E-state index in [1.165, 1.54) is 5.56 Å². The van der Waals surface area contributed by atoms with Gasteiger partial charge in [0.1, 0.15) is 0 Å². The van der Waals surface area contributed by atoms with Crippen molar-refractivity contribution in [2.24, 2.45) is 0 Å². The molecule has 1 unspecified atom stereocenters. The standard InChI is InChI=1S/C11H17N3/c1-10-7-13-5-6-14(10)9-11-3-2-4-12-8-11/h2-4,8,10,13H,5-7,9H2,1H3. The van der Waals surface area contributed by atoms with Crippen LogP contribution in [0.25, 0.3) is 0 Å². The molecule has 1 N–H and O–H groups in total. The van der Waals surface area contributed by atoms with E-state index in [0.29, 0.717) is 6.04 Å². The Morgan fingerprint density at radius 1 is 1.64 bits per heavy atom. The van der Waals surface area contributed by atoms with Crippen LogP contribution in [-0.4, -0.2) is 35.6 Å². The first-order valence-corrected chi connectivity index (χ1v) is 5.20. The van der Waals surface area contributed by atoms with Crippen molar-refractivity contribution in [2.45, 2.75) is 19.5 Å². The predicted molar refractivity (Wildman–Crippen MR) is 57.0 cm³/mol. The van der Waals surface area contributed by atoms with Crippen molar-refractivity contribution in [1.29, 1.82) is 0 Å². The minimum absolute atomic E-state index is 0.629. The Morgan fingerprint density at radius 2 is 2.57 bits per heavy atom. The number of aromatic nitrogens is 1. The molecule has 0 spiro atoms. The molecule has 2 heterocycles. The van der Waals surface area contributed by atoms with Crippen LogP contribution in [-0.2, 0) is 6.54 Å². The van der Waals surface area contributed by atoms with E-state index in [1.54, 1.807) is 0 Å². The van der Waals surface area contributed by atoms with E-state index in [-0.39, 0.29) is 0 Å². The summed E-state index contributed by atoms with van der Waals surface area (Å²) in [7, 11) is 0. The van der Waals surface area contributed by atoms with Crippen molar-refractivity contribution in [2.75, 3.05) is 19.6 Å². The maximum atomic E-state index is 4.13. The third-order valence-electron chi connectivity index (χ3n) is 2.75. The molecule has 3 nitrogen and oxygen atoms in total. The summed E-state index contributed by atoms with van der Waals surface area (Å²) in [6, 6.07) is 4.77. The van der Waals surface area contributed by atoms with Gasteiger partial charge in [-0.2, -0.15) is 0 Å². The lowest BCUT2D eigenvalue weighted by Gasteiger charge is -2.33. The van der Waals surface area contributed by atoms with E-state index in [2.05, 4.69) is 28.2 Å². The van der Waals surface area contributed by atoms with Crippen molar-refractivity contribution in [3.05, 3.63) is 30.1 Å². The van der Waals surface area contributed by atoms with Crippen molar-refractivity contribution in [3.63, 3.8) is 0 Å². The molecule has 0 saturated carbocycles. The molecule has 0 amide bonds. The Kier molecular flexibility index (Phi) is 3.11. The summed E-state index contributed by atoms with van der Waals surface area (Å²) in [4.78, 5) is 6.63. The lowest BCUT2D eigenvalue weighted by Crippen LogP contribution is -2.49. The zero-order valence-electron chi connectivity index (χ0n) is 8.61. The van der Waals surface area contributed by atoms with Gasteiger partial charge in [-0.25, -0.2) is 0 Å². The normalized spacial score (nSPS) is 23.6. The van der Waals surface area contributed by atoms with Crippen molar-refractivity contribution in [3.8, 4) is 0 Å². The summed E-state index contributed by atoms with van der Waals surface area (Å²) in [5.74, 6) is 0. The average molecular weight is 191 g/mol. The molecule has 1 fully saturated rings. The monoisotopic (exact) mass is 191 g/mol. The fraction of sp³-hybridized carbons (Fsp3) is 0.545. The Balaban J connectivity index is 1.96. The summed E-state index contributed by atoms with van der Waals surface area (Å²) >= 11 is 0. The number of nitrogens with one attached hydrogen (secondary N) is 1. The molecule has 14 heavy (non-hydrogen) atoms. The highest BCUT2D eigenvalue weighted by Crippen LogP contribution is 2.08. The van der Waals surface area contributed by atoms with Gasteiger partial charge in [-0.05, 0) is 18.6 Å². The SMILES string of the molecule is CC1CNCCN1Cc1cccnc1. The molecular formula is C11H17N3. The summed E-state index contributed by atoms with van der Waals surface area (Å²) in [6.07, 6.45) is 3.78. The third kappa shape index (κ3) is 2.30. The molecule has 76 valence electrons. The van der Waals surface area contributed by atoms with E-state index >= 15 is 0 Å². The topological polar surface area (TPSA) is 28.2 Å². The molecule has 1 aliphatic rings. The highest BCUT2D eigenvalue weighted by atomic mass is 15.2. The van der Waals surface area contributed by atoms with Gasteiger partial charge in [0.25, 0.3) is 0 Å². The molecule has 3 heteroatoms. The number of pyridine rings is 1. The molecule has 1 aliphatic heterocycles. The summed E-state index contributed by atoms with van der Waals surface area (Å²) in [5.41, 5.74) is 1.31. The van der Waals surface area contributed by atoms with Gasteiger partial charge in [-0.3, -0.25) is 9.88 Å². The minimum atomic E-state index is 0.629. The van der Waals surface area contributed by atoms with Gasteiger partial charge in [-0.1, -0.05) is 6.07 Å². The Morgan fingerprint density at radius 3 is 3.29 bits per heavy atom. The molecule has 1 saturated heterocycles. The predicted octanol–water partition coefficient (Wildman–Crippen LogP) is 0.875. The number of piperazine rings is 1. The second-order valence-electron chi connectivity index (χ2n) is 3.88. The van der Waals surface area contributed by atoms with Gasteiger partial charge in [0, 0.05) is 44.6 Å². The van der Waals surface area contributed by atoms with Crippen molar-refractivity contribution in [1.82, 2.24) is 15.2 Å². The van der Waals surface area contributed by atoms with E-state index in [0.717, 1.165) is 26.2 Å². The number of nitrogens with zero attached hydrogens (tertiary/aromatic N) is 2. The molecular weight excluding hydrogens is 174 g/mol. The van der Waals surface area contributed by atoms with Crippen LogP contribution in [0.2, 0.25) is 0 Å². The molecule has 0 bridgehead atoms. The van der Waals surface area contributed by atoms with Gasteiger partial charge >= 0.3 is 0 Å². The number of hydrogen-bond acceptors (Lipinski definition) is 3. The van der Waals surface area contributed by atoms with Crippen LogP contribution in [0.1, 0.15) is 12.5 Å². The quantitative estimate of drug-likeness (QED) is 0.752. The fourth-order valence-electron chi connectivity index (χ4n) is 1.84. The van der Waals surface area contributed by atoms with Crippen molar-refractivity contribution >= 4 is 0 Å². The first-order chi connectivity index (χ1) is 6.86. The van der Waals surface area contributed by atoms with Gasteiger partial charge < -0.3 is 5.32 Å². The molecule has 2 rings (SSSR count). The molecule has 0 aliphatic carbocycles. The molecule has 1 aromatic heterocycles. The lowest BCUT2D eigenvalue weighted by atomic mass is 10.2. The zero-order valence-corrected chi connectivity index (χ0v) is 8.61. The lowest BCUT2D eigenvalue weighted by molar-refractivity contribution is 0.165. The van der Waals surface area contributed by atoms with Gasteiger partial charge in [0.05, 0.1) is 0 Å². The number of hydrogen-bond donors (Lipinski definition) is 1. The average Bonchev–Trinajstić information content (AvgIpc) is 2.23. The second kappa shape index (κ2) is 4.53. The molecule has 0 radical (unpaired) electrons. The van der Waals surface area contributed by atoms with Crippen LogP contribution >= 0.6 is 0 Å². The Labute approximate surface area is 85.1 Å². The van der Waals surface area contributed by atoms with Crippen LogP contribution in [0.4, 0.5) is 0 Å². The third-order valence-corrected chi connectivity index (χ3v) is 2.75. The first-order valence-electron chi connectivity index (χ1n) is 5.20. The zero-order chi connectivity index (χ0) is 9.80. The highest BCUT2D eigenvalue weighted by molar-refractivity contribution is 5.08. The molecule has 1 aromatic rings. The maximum Gasteiger partial charge on any atom is 0.0312 e. The number of rotatable bonds is 2. The van der Waals surface area contributed by atoms with Crippen LogP contribution in [0, 0.1) is 0 Å². The Hall–Kier alpha value is -0.930. The summed E-state index contributed by atoms with van der Waals surface area (Å²) in [5, 5.41) is 3.39. The second-order valence-corrected chi connectivity index (χ2v) is 3.88. The van der Waals surface area contributed by atoms with E-state index in [1.807, 2.05) is 18.5 Å². The largest absolute Gasteiger partial charge is 0.314 e. The van der Waals surface area contributed by atoms with E-state index < -0.39 is 0 Å². The van der Waals surface area contributed by atoms with Gasteiger partial charge in [0.15, 0.2) is 0 Å². The van der Waals surface area contributed by atoms with Crippen molar-refractivity contribution < 1.29 is 0 Å². The Bertz CT molecular complexity index is 273.